The molecule has 4 aromatic rings. The van der Waals surface area contributed by atoms with Gasteiger partial charge in [0.1, 0.15) is 23.9 Å². The lowest BCUT2D eigenvalue weighted by atomic mass is 10.3. The smallest absolute Gasteiger partial charge is 0.329 e. The number of nitrogens with one attached hydrogen (secondary N) is 3. The Kier molecular flexibility index (Phi) is 6.49. The van der Waals surface area contributed by atoms with Crippen LogP contribution in [0.1, 0.15) is 5.82 Å². The largest absolute Gasteiger partial charge is 0.496 e. The zero-order chi connectivity index (χ0) is 21.6. The van der Waals surface area contributed by atoms with Crippen LogP contribution in [0.15, 0.2) is 71.6 Å². The molecule has 7 nitrogen and oxygen atoms in total. The number of hydrogen-bond acceptors (Lipinski definition) is 5. The minimum Gasteiger partial charge on any atom is -0.496 e. The Morgan fingerprint density at radius 1 is 1.13 bits per heavy atom. The van der Waals surface area contributed by atoms with E-state index >= 15 is 0 Å². The van der Waals surface area contributed by atoms with E-state index in [2.05, 4.69) is 20.0 Å². The van der Waals surface area contributed by atoms with Gasteiger partial charge in [-0.3, -0.25) is 4.72 Å². The zero-order valence-corrected chi connectivity index (χ0v) is 18.1. The highest BCUT2D eigenvalue weighted by Crippen LogP contribution is 2.26. The third kappa shape index (κ3) is 5.42. The number of benzene rings is 3. The molecule has 0 spiro atoms. The molecule has 0 saturated carbocycles. The van der Waals surface area contributed by atoms with Crippen molar-refractivity contribution in [2.75, 3.05) is 12.4 Å². The number of imidazole rings is 1. The fraction of sp³-hybridized carbons (Fsp3) is 0.0909. The van der Waals surface area contributed by atoms with E-state index in [9.17, 15) is 4.79 Å². The first-order chi connectivity index (χ1) is 15.1. The molecule has 1 heterocycles. The highest BCUT2D eigenvalue weighted by Gasteiger charge is 2.07. The van der Waals surface area contributed by atoms with Crippen molar-refractivity contribution in [1.29, 1.82) is 0 Å². The van der Waals surface area contributed by atoms with Crippen LogP contribution in [0.25, 0.3) is 11.0 Å². The minimum atomic E-state index is -0.342. The Morgan fingerprint density at radius 3 is 2.74 bits per heavy atom. The molecule has 0 atom stereocenters. The van der Waals surface area contributed by atoms with E-state index in [1.165, 1.54) is 11.9 Å². The van der Waals surface area contributed by atoms with Crippen molar-refractivity contribution in [3.05, 3.63) is 77.6 Å². The summed E-state index contributed by atoms with van der Waals surface area (Å²) >= 11 is 7.18. The van der Waals surface area contributed by atoms with Crippen LogP contribution in [0.4, 0.5) is 10.5 Å². The third-order valence-electron chi connectivity index (χ3n) is 4.30. The number of rotatable bonds is 7. The Hall–Kier alpha value is -3.36. The second kappa shape index (κ2) is 9.63. The zero-order valence-electron chi connectivity index (χ0n) is 16.5. The van der Waals surface area contributed by atoms with Crippen LogP contribution < -0.4 is 19.5 Å². The summed E-state index contributed by atoms with van der Waals surface area (Å²) in [5, 5.41) is 3.43. The molecule has 3 aromatic carbocycles. The van der Waals surface area contributed by atoms with E-state index in [1.54, 1.807) is 37.4 Å². The maximum atomic E-state index is 12.2. The first kappa shape index (κ1) is 20.9. The van der Waals surface area contributed by atoms with Crippen LogP contribution >= 0.6 is 23.5 Å². The van der Waals surface area contributed by atoms with Crippen LogP contribution in [0.2, 0.25) is 5.02 Å². The summed E-state index contributed by atoms with van der Waals surface area (Å²) in [4.78, 5) is 20.6. The molecule has 0 aliphatic heterocycles. The molecule has 0 bridgehead atoms. The molecule has 158 valence electrons. The van der Waals surface area contributed by atoms with E-state index in [1.807, 2.05) is 36.4 Å². The van der Waals surface area contributed by atoms with Crippen LogP contribution in [-0.4, -0.2) is 23.1 Å². The molecule has 31 heavy (non-hydrogen) atoms. The lowest BCUT2D eigenvalue weighted by Gasteiger charge is -2.10. The number of aromatic nitrogens is 2. The minimum absolute atomic E-state index is 0.287. The number of hydrogen-bond donors (Lipinski definition) is 3. The average Bonchev–Trinajstić information content (AvgIpc) is 3.19. The number of methoxy groups -OCH3 is 1. The molecule has 0 saturated heterocycles. The molecule has 9 heteroatoms. The standard InChI is InChI=1S/C22H19ClN4O3S/c1-29-19-4-2-3-5-20(19)31-27-22(28)24-15-7-9-16(10-8-15)30-13-21-25-17-11-6-14(23)12-18(17)26-21/h2-12H,13H2,1H3,(H,25,26)(H2,24,27,28). The van der Waals surface area contributed by atoms with Gasteiger partial charge in [-0.1, -0.05) is 23.7 Å². The summed E-state index contributed by atoms with van der Waals surface area (Å²) in [7, 11) is 1.59. The molecular formula is C22H19ClN4O3S. The van der Waals surface area contributed by atoms with Crippen LogP contribution in [0.5, 0.6) is 11.5 Å². The summed E-state index contributed by atoms with van der Waals surface area (Å²) in [6.45, 7) is 0.287. The first-order valence-corrected chi connectivity index (χ1v) is 10.5. The van der Waals surface area contributed by atoms with Gasteiger partial charge in [0.05, 0.1) is 23.0 Å². The summed E-state index contributed by atoms with van der Waals surface area (Å²) in [5.74, 6) is 2.06. The van der Waals surface area contributed by atoms with Crippen LogP contribution in [0.3, 0.4) is 0 Å². The van der Waals surface area contributed by atoms with E-state index in [4.69, 9.17) is 21.1 Å². The number of anilines is 1. The lowest BCUT2D eigenvalue weighted by Crippen LogP contribution is -2.22. The molecular weight excluding hydrogens is 436 g/mol. The van der Waals surface area contributed by atoms with Gasteiger partial charge in [0.2, 0.25) is 0 Å². The number of carbonyl (C=O) groups excluding carboxylic acids is 1. The van der Waals surface area contributed by atoms with E-state index in [-0.39, 0.29) is 12.6 Å². The van der Waals surface area contributed by atoms with Gasteiger partial charge in [-0.2, -0.15) is 0 Å². The van der Waals surface area contributed by atoms with Crippen molar-refractivity contribution in [1.82, 2.24) is 14.7 Å². The van der Waals surface area contributed by atoms with Crippen molar-refractivity contribution in [2.24, 2.45) is 0 Å². The number of ether oxygens (including phenoxy) is 2. The predicted octanol–water partition coefficient (Wildman–Crippen LogP) is 5.63. The molecule has 0 unspecified atom stereocenters. The van der Waals surface area contributed by atoms with Gasteiger partial charge in [0.25, 0.3) is 0 Å². The maximum absolute atomic E-state index is 12.2. The Bertz CT molecular complexity index is 1200. The number of carbonyl (C=O) groups is 1. The van der Waals surface area contributed by atoms with Crippen molar-refractivity contribution in [2.45, 2.75) is 11.5 Å². The third-order valence-corrected chi connectivity index (χ3v) is 5.38. The van der Waals surface area contributed by atoms with Gasteiger partial charge in [0, 0.05) is 10.7 Å². The molecule has 0 fully saturated rings. The van der Waals surface area contributed by atoms with Gasteiger partial charge in [-0.15, -0.1) is 0 Å². The molecule has 0 aliphatic carbocycles. The molecule has 1 aromatic heterocycles. The second-order valence-electron chi connectivity index (χ2n) is 6.47. The number of urea groups is 1. The molecule has 3 N–H and O–H groups in total. The monoisotopic (exact) mass is 454 g/mol. The van der Waals surface area contributed by atoms with Gasteiger partial charge < -0.3 is 19.8 Å². The number of nitrogens with zero attached hydrogens (tertiary/aromatic N) is 1. The Labute approximate surface area is 188 Å². The van der Waals surface area contributed by atoms with E-state index in [0.29, 0.717) is 28.0 Å². The molecule has 0 aliphatic rings. The molecule has 0 radical (unpaired) electrons. The van der Waals surface area contributed by atoms with Crippen LogP contribution in [-0.2, 0) is 6.61 Å². The van der Waals surface area contributed by atoms with Crippen molar-refractivity contribution >= 4 is 46.3 Å². The normalized spacial score (nSPS) is 10.6. The number of fused-ring (bicyclic) bond motifs is 1. The van der Waals surface area contributed by atoms with E-state index in [0.717, 1.165) is 15.9 Å². The summed E-state index contributed by atoms with van der Waals surface area (Å²) in [5.41, 5.74) is 2.34. The number of H-pyrrole nitrogens is 1. The summed E-state index contributed by atoms with van der Waals surface area (Å²) in [6, 6.07) is 19.7. The number of aromatic amines is 1. The molecule has 2 amide bonds. The predicted molar refractivity (Wildman–Crippen MR) is 123 cm³/mol. The van der Waals surface area contributed by atoms with Crippen molar-refractivity contribution in [3.8, 4) is 11.5 Å². The quantitative estimate of drug-likeness (QED) is 0.315. The SMILES string of the molecule is COc1ccccc1SNC(=O)Nc1ccc(OCc2nc3ccc(Cl)cc3[nH]2)cc1. The highest BCUT2D eigenvalue weighted by molar-refractivity contribution is 7.98. The van der Waals surface area contributed by atoms with Gasteiger partial charge in [-0.25, -0.2) is 9.78 Å². The summed E-state index contributed by atoms with van der Waals surface area (Å²) in [6.07, 6.45) is 0. The van der Waals surface area contributed by atoms with Gasteiger partial charge in [-0.05, 0) is 66.5 Å². The fourth-order valence-corrected chi connectivity index (χ4v) is 3.67. The molecule has 4 rings (SSSR count). The Balaban J connectivity index is 1.28. The van der Waals surface area contributed by atoms with Crippen molar-refractivity contribution < 1.29 is 14.3 Å². The summed E-state index contributed by atoms with van der Waals surface area (Å²) < 4.78 is 13.8. The second-order valence-corrected chi connectivity index (χ2v) is 7.75. The highest BCUT2D eigenvalue weighted by atomic mass is 35.5. The number of para-hydroxylation sites is 1. The lowest BCUT2D eigenvalue weighted by molar-refractivity contribution is 0.257. The number of amides is 2. The topological polar surface area (TPSA) is 88.3 Å². The van der Waals surface area contributed by atoms with Crippen LogP contribution in [0, 0.1) is 0 Å². The van der Waals surface area contributed by atoms with Gasteiger partial charge >= 0.3 is 6.03 Å². The van der Waals surface area contributed by atoms with Crippen molar-refractivity contribution in [3.63, 3.8) is 0 Å². The maximum Gasteiger partial charge on any atom is 0.329 e. The van der Waals surface area contributed by atoms with E-state index < -0.39 is 0 Å². The number of halogens is 1. The average molecular weight is 455 g/mol. The first-order valence-electron chi connectivity index (χ1n) is 9.34. The Morgan fingerprint density at radius 2 is 1.94 bits per heavy atom. The fourth-order valence-electron chi connectivity index (χ4n) is 2.85. The van der Waals surface area contributed by atoms with Gasteiger partial charge in [0.15, 0.2) is 0 Å².